The zero-order valence-electron chi connectivity index (χ0n) is 20.6. The second-order valence-electron chi connectivity index (χ2n) is 8.55. The average molecular weight is 500 g/mol. The van der Waals surface area contributed by atoms with Gasteiger partial charge in [0, 0.05) is 16.1 Å². The fourth-order valence-corrected chi connectivity index (χ4v) is 4.14. The monoisotopic (exact) mass is 499 g/mol. The standard InChI is InChI=1S/C29H26ClN3O3/c1-6-13-36-26-12-11-21(30)15-20(26)17-31-33-28(32-25-10-8-7-9-22(25)29(33)34)24-16-23(18(2)3)27(35-5)14-19(24)4/h1,7-12,14-18H,13H2,2-5H3. The largest absolute Gasteiger partial charge is 0.496 e. The summed E-state index contributed by atoms with van der Waals surface area (Å²) in [4.78, 5) is 18.5. The highest BCUT2D eigenvalue weighted by Gasteiger charge is 2.18. The van der Waals surface area contributed by atoms with Gasteiger partial charge in [0.15, 0.2) is 5.82 Å². The molecule has 1 heterocycles. The molecule has 4 rings (SSSR count). The molecular weight excluding hydrogens is 474 g/mol. The zero-order chi connectivity index (χ0) is 25.8. The molecule has 0 aliphatic heterocycles. The molecule has 0 fully saturated rings. The number of ether oxygens (including phenoxy) is 2. The number of nitrogens with zero attached hydrogens (tertiary/aromatic N) is 3. The van der Waals surface area contributed by atoms with Gasteiger partial charge in [-0.15, -0.1) is 6.42 Å². The summed E-state index contributed by atoms with van der Waals surface area (Å²) in [7, 11) is 1.65. The molecule has 6 nitrogen and oxygen atoms in total. The van der Waals surface area contributed by atoms with E-state index in [1.807, 2.05) is 31.2 Å². The summed E-state index contributed by atoms with van der Waals surface area (Å²) in [6, 6.07) is 16.3. The Morgan fingerprint density at radius 2 is 1.94 bits per heavy atom. The number of methoxy groups -OCH3 is 1. The summed E-state index contributed by atoms with van der Waals surface area (Å²) in [6.45, 7) is 6.23. The molecule has 0 atom stereocenters. The lowest BCUT2D eigenvalue weighted by molar-refractivity contribution is 0.370. The maximum atomic E-state index is 13.6. The first-order valence-electron chi connectivity index (χ1n) is 11.4. The molecule has 0 unspecified atom stereocenters. The van der Waals surface area contributed by atoms with Crippen molar-refractivity contribution >= 4 is 28.7 Å². The Morgan fingerprint density at radius 3 is 2.67 bits per heavy atom. The third kappa shape index (κ3) is 4.98. The highest BCUT2D eigenvalue weighted by atomic mass is 35.5. The van der Waals surface area contributed by atoms with Gasteiger partial charge in [-0.2, -0.15) is 9.78 Å². The van der Waals surface area contributed by atoms with Crippen molar-refractivity contribution in [2.24, 2.45) is 5.10 Å². The van der Waals surface area contributed by atoms with Gasteiger partial charge < -0.3 is 9.47 Å². The predicted molar refractivity (Wildman–Crippen MR) is 146 cm³/mol. The highest BCUT2D eigenvalue weighted by molar-refractivity contribution is 6.30. The molecule has 0 saturated carbocycles. The summed E-state index contributed by atoms with van der Waals surface area (Å²) < 4.78 is 12.5. The summed E-state index contributed by atoms with van der Waals surface area (Å²) in [5, 5.41) is 5.53. The van der Waals surface area contributed by atoms with Gasteiger partial charge in [0.2, 0.25) is 0 Å². The number of aromatic nitrogens is 2. The van der Waals surface area contributed by atoms with Crippen LogP contribution in [0.1, 0.15) is 36.5 Å². The molecule has 182 valence electrons. The first-order valence-corrected chi connectivity index (χ1v) is 11.8. The normalized spacial score (nSPS) is 11.2. The van der Waals surface area contributed by atoms with Crippen LogP contribution in [0.3, 0.4) is 0 Å². The lowest BCUT2D eigenvalue weighted by Gasteiger charge is -2.17. The topological polar surface area (TPSA) is 65.7 Å². The fraction of sp³-hybridized carbons (Fsp3) is 0.207. The van der Waals surface area contributed by atoms with E-state index in [-0.39, 0.29) is 18.1 Å². The average Bonchev–Trinajstić information content (AvgIpc) is 2.87. The second kappa shape index (κ2) is 10.7. The summed E-state index contributed by atoms with van der Waals surface area (Å²) in [5.41, 5.74) is 3.58. The number of hydrogen-bond acceptors (Lipinski definition) is 5. The smallest absolute Gasteiger partial charge is 0.282 e. The number of fused-ring (bicyclic) bond motifs is 1. The summed E-state index contributed by atoms with van der Waals surface area (Å²) >= 11 is 6.22. The predicted octanol–water partition coefficient (Wildman–Crippen LogP) is 6.05. The van der Waals surface area contributed by atoms with Crippen LogP contribution in [0.5, 0.6) is 11.5 Å². The van der Waals surface area contributed by atoms with Crippen molar-refractivity contribution in [1.29, 1.82) is 0 Å². The van der Waals surface area contributed by atoms with E-state index in [1.165, 1.54) is 10.9 Å². The van der Waals surface area contributed by atoms with Gasteiger partial charge >= 0.3 is 0 Å². The lowest BCUT2D eigenvalue weighted by Crippen LogP contribution is -2.21. The van der Waals surface area contributed by atoms with Crippen molar-refractivity contribution in [2.45, 2.75) is 26.7 Å². The van der Waals surface area contributed by atoms with Gasteiger partial charge in [0.25, 0.3) is 5.56 Å². The van der Waals surface area contributed by atoms with Crippen molar-refractivity contribution in [3.05, 3.63) is 86.7 Å². The van der Waals surface area contributed by atoms with Crippen LogP contribution in [0.4, 0.5) is 0 Å². The van der Waals surface area contributed by atoms with E-state index >= 15 is 0 Å². The molecule has 0 bridgehead atoms. The number of hydrogen-bond donors (Lipinski definition) is 0. The van der Waals surface area contributed by atoms with E-state index in [0.29, 0.717) is 33.1 Å². The van der Waals surface area contributed by atoms with E-state index in [1.54, 1.807) is 37.4 Å². The molecule has 0 aliphatic carbocycles. The number of halogens is 1. The molecule has 3 aromatic carbocycles. The third-order valence-electron chi connectivity index (χ3n) is 5.79. The van der Waals surface area contributed by atoms with Crippen molar-refractivity contribution < 1.29 is 9.47 Å². The maximum Gasteiger partial charge on any atom is 0.282 e. The Kier molecular flexibility index (Phi) is 7.42. The van der Waals surface area contributed by atoms with Crippen molar-refractivity contribution in [3.63, 3.8) is 0 Å². The number of aryl methyl sites for hydroxylation is 1. The minimum Gasteiger partial charge on any atom is -0.496 e. The van der Waals surface area contributed by atoms with E-state index in [9.17, 15) is 4.79 Å². The molecule has 0 amide bonds. The van der Waals surface area contributed by atoms with Gasteiger partial charge in [-0.1, -0.05) is 43.5 Å². The van der Waals surface area contributed by atoms with Gasteiger partial charge in [0.1, 0.15) is 18.1 Å². The first kappa shape index (κ1) is 25.0. The van der Waals surface area contributed by atoms with Crippen LogP contribution < -0.4 is 15.0 Å². The lowest BCUT2D eigenvalue weighted by atomic mass is 9.96. The minimum absolute atomic E-state index is 0.0915. The fourth-order valence-electron chi connectivity index (χ4n) is 3.96. The van der Waals surface area contributed by atoms with E-state index in [2.05, 4.69) is 24.9 Å². The SMILES string of the molecule is C#CCOc1ccc(Cl)cc1C=Nn1c(-c2cc(C(C)C)c(OC)cc2C)nc2ccccc2c1=O. The van der Waals surface area contributed by atoms with Gasteiger partial charge in [-0.25, -0.2) is 4.98 Å². The molecular formula is C29H26ClN3O3. The number of rotatable bonds is 7. The molecule has 0 spiro atoms. The van der Waals surface area contributed by atoms with Crippen LogP contribution in [0.2, 0.25) is 5.02 Å². The number of benzene rings is 3. The molecule has 7 heteroatoms. The molecule has 0 N–H and O–H groups in total. The van der Waals surface area contributed by atoms with Crippen LogP contribution in [-0.2, 0) is 0 Å². The van der Waals surface area contributed by atoms with E-state index < -0.39 is 0 Å². The van der Waals surface area contributed by atoms with Gasteiger partial charge in [-0.05, 0) is 66.4 Å². The minimum atomic E-state index is -0.290. The van der Waals surface area contributed by atoms with Gasteiger partial charge in [-0.3, -0.25) is 4.79 Å². The zero-order valence-corrected chi connectivity index (χ0v) is 21.3. The molecule has 1 aromatic heterocycles. The second-order valence-corrected chi connectivity index (χ2v) is 8.99. The van der Waals surface area contributed by atoms with Crippen molar-refractivity contribution in [2.75, 3.05) is 13.7 Å². The van der Waals surface area contributed by atoms with Crippen LogP contribution in [0.15, 0.2) is 64.5 Å². The van der Waals surface area contributed by atoms with Gasteiger partial charge in [0.05, 0.1) is 24.2 Å². The number of para-hydroxylation sites is 1. The Bertz CT molecular complexity index is 1570. The molecule has 0 aliphatic rings. The quantitative estimate of drug-likeness (QED) is 0.229. The highest BCUT2D eigenvalue weighted by Crippen LogP contribution is 2.34. The maximum absolute atomic E-state index is 13.6. The van der Waals surface area contributed by atoms with Crippen LogP contribution in [0.25, 0.3) is 22.3 Å². The van der Waals surface area contributed by atoms with E-state index in [4.69, 9.17) is 32.5 Å². The molecule has 0 saturated heterocycles. The Labute approximate surface area is 215 Å². The third-order valence-corrected chi connectivity index (χ3v) is 6.02. The van der Waals surface area contributed by atoms with Crippen LogP contribution in [0, 0.1) is 19.3 Å². The molecule has 36 heavy (non-hydrogen) atoms. The molecule has 4 aromatic rings. The van der Waals surface area contributed by atoms with E-state index in [0.717, 1.165) is 22.4 Å². The number of terminal acetylenes is 1. The van der Waals surface area contributed by atoms with Crippen molar-refractivity contribution in [1.82, 2.24) is 9.66 Å². The first-order chi connectivity index (χ1) is 17.3. The van der Waals surface area contributed by atoms with Crippen LogP contribution >= 0.6 is 11.6 Å². The summed E-state index contributed by atoms with van der Waals surface area (Å²) in [5.74, 6) is 4.36. The Hall–Kier alpha value is -4.08. The Morgan fingerprint density at radius 1 is 1.17 bits per heavy atom. The molecule has 0 radical (unpaired) electrons. The van der Waals surface area contributed by atoms with Crippen LogP contribution in [-0.4, -0.2) is 29.6 Å². The van der Waals surface area contributed by atoms with Crippen molar-refractivity contribution in [3.8, 4) is 35.2 Å². The Balaban J connectivity index is 1.97. The summed E-state index contributed by atoms with van der Waals surface area (Å²) in [6.07, 6.45) is 6.88.